The Labute approximate surface area is 247 Å². The summed E-state index contributed by atoms with van der Waals surface area (Å²) in [6, 6.07) is 11.7. The molecule has 14 heteroatoms. The Bertz CT molecular complexity index is 1280. The zero-order valence-corrected chi connectivity index (χ0v) is 23.4. The van der Waals surface area contributed by atoms with E-state index in [1.807, 2.05) is 0 Å². The first-order valence-electron chi connectivity index (χ1n) is 13.8. The summed E-state index contributed by atoms with van der Waals surface area (Å²) in [5.41, 5.74) is 2.03. The van der Waals surface area contributed by atoms with Gasteiger partial charge in [-0.25, -0.2) is 15.6 Å². The monoisotopic (exact) mass is 603 g/mol. The zero-order valence-electron chi connectivity index (χ0n) is 23.4. The number of aliphatic hydroxyl groups excluding tert-OH is 1. The number of nitro groups is 1. The predicted octanol–water partition coefficient (Wildman–Crippen LogP) is 4.58. The lowest BCUT2D eigenvalue weighted by atomic mass is 10.0. The highest BCUT2D eigenvalue weighted by Gasteiger charge is 2.39. The third-order valence-corrected chi connectivity index (χ3v) is 6.84. The number of halogens is 2. The summed E-state index contributed by atoms with van der Waals surface area (Å²) in [7, 11) is 0. The molecule has 1 saturated heterocycles. The number of amides is 1. The second kappa shape index (κ2) is 16.3. The Morgan fingerprint density at radius 3 is 2.56 bits per heavy atom. The van der Waals surface area contributed by atoms with Crippen molar-refractivity contribution in [2.45, 2.75) is 63.0 Å². The van der Waals surface area contributed by atoms with Crippen LogP contribution in [0.4, 0.5) is 19.3 Å². The average Bonchev–Trinajstić information content (AvgIpc) is 3.35. The Kier molecular flexibility index (Phi) is 12.5. The number of amidine groups is 1. The van der Waals surface area contributed by atoms with Crippen molar-refractivity contribution in [2.24, 2.45) is 10.8 Å². The number of nitro benzene ring substituents is 1. The molecule has 2 aromatic rings. The molecule has 0 spiro atoms. The van der Waals surface area contributed by atoms with Crippen LogP contribution in [0.3, 0.4) is 0 Å². The Balaban J connectivity index is 1.35. The molecule has 0 radical (unpaired) electrons. The van der Waals surface area contributed by atoms with Crippen molar-refractivity contribution in [3.63, 3.8) is 0 Å². The normalized spacial score (nSPS) is 16.4. The number of nitrogens with zero attached hydrogens (tertiary/aromatic N) is 3. The van der Waals surface area contributed by atoms with Crippen molar-refractivity contribution in [1.82, 2.24) is 10.3 Å². The maximum atomic E-state index is 14.6. The van der Waals surface area contributed by atoms with Gasteiger partial charge in [-0.2, -0.15) is 8.78 Å². The number of non-ortho nitro benzene ring substituents is 1. The SMILES string of the molecule is NNC(CCCCCCN1C(=O)CCC1C=CC(O)C(F)(F)c1ccccc1)=NCOC(=O)Oc1ccc([N+](=O)[O-])cc1. The van der Waals surface area contributed by atoms with Gasteiger partial charge in [0.2, 0.25) is 5.91 Å². The molecule has 2 atom stereocenters. The number of hydrazine groups is 1. The maximum absolute atomic E-state index is 14.6. The zero-order chi connectivity index (χ0) is 31.2. The number of carbonyl (C=O) groups excluding carboxylic acids is 2. The smallest absolute Gasteiger partial charge is 0.411 e. The van der Waals surface area contributed by atoms with Gasteiger partial charge in [-0.15, -0.1) is 0 Å². The third kappa shape index (κ3) is 10.1. The van der Waals surface area contributed by atoms with Gasteiger partial charge in [-0.05, 0) is 31.4 Å². The van der Waals surface area contributed by atoms with Crippen molar-refractivity contribution in [3.05, 3.63) is 82.4 Å². The first-order valence-corrected chi connectivity index (χ1v) is 13.8. The van der Waals surface area contributed by atoms with E-state index in [-0.39, 0.29) is 35.7 Å². The second-order valence-corrected chi connectivity index (χ2v) is 9.80. The van der Waals surface area contributed by atoms with E-state index >= 15 is 0 Å². The van der Waals surface area contributed by atoms with Crippen LogP contribution in [0.1, 0.15) is 50.5 Å². The first kappa shape index (κ1) is 33.1. The fourth-order valence-corrected chi connectivity index (χ4v) is 4.48. The summed E-state index contributed by atoms with van der Waals surface area (Å²) >= 11 is 0. The van der Waals surface area contributed by atoms with Gasteiger partial charge in [0.1, 0.15) is 17.7 Å². The minimum Gasteiger partial charge on any atom is -0.411 e. The number of aliphatic hydroxyl groups is 1. The lowest BCUT2D eigenvalue weighted by molar-refractivity contribution is -0.384. The molecule has 0 aromatic heterocycles. The molecule has 0 aliphatic carbocycles. The number of nitrogens with one attached hydrogen (secondary N) is 1. The van der Waals surface area contributed by atoms with Crippen LogP contribution in [0.25, 0.3) is 0 Å². The topological polar surface area (TPSA) is 170 Å². The number of aliphatic imine (C=N–C) groups is 1. The van der Waals surface area contributed by atoms with Crippen molar-refractivity contribution in [3.8, 4) is 5.75 Å². The van der Waals surface area contributed by atoms with Crippen molar-refractivity contribution >= 4 is 23.6 Å². The van der Waals surface area contributed by atoms with Gasteiger partial charge in [0.25, 0.3) is 5.69 Å². The van der Waals surface area contributed by atoms with Gasteiger partial charge in [-0.1, -0.05) is 55.3 Å². The molecule has 1 fully saturated rings. The van der Waals surface area contributed by atoms with Gasteiger partial charge < -0.3 is 24.9 Å². The Morgan fingerprint density at radius 2 is 1.88 bits per heavy atom. The van der Waals surface area contributed by atoms with Crippen LogP contribution >= 0.6 is 0 Å². The highest BCUT2D eigenvalue weighted by Crippen LogP contribution is 2.33. The minimum absolute atomic E-state index is 0.0483. The number of carbonyl (C=O) groups is 2. The number of likely N-dealkylation sites (tertiary alicyclic amines) is 1. The molecule has 2 aromatic carbocycles. The molecule has 2 unspecified atom stereocenters. The van der Waals surface area contributed by atoms with Crippen LogP contribution < -0.4 is 16.0 Å². The van der Waals surface area contributed by atoms with Gasteiger partial charge in [0.05, 0.1) is 11.0 Å². The number of nitrogens with two attached hydrogens (primary N) is 1. The summed E-state index contributed by atoms with van der Waals surface area (Å²) < 4.78 is 38.9. The fourth-order valence-electron chi connectivity index (χ4n) is 4.48. The summed E-state index contributed by atoms with van der Waals surface area (Å²) in [5, 5.41) is 20.8. The van der Waals surface area contributed by atoms with E-state index in [9.17, 15) is 33.6 Å². The van der Waals surface area contributed by atoms with E-state index in [0.29, 0.717) is 44.5 Å². The van der Waals surface area contributed by atoms with Gasteiger partial charge in [0, 0.05) is 37.1 Å². The predicted molar refractivity (Wildman–Crippen MR) is 153 cm³/mol. The standard InChI is InChI=1S/C29H35F2N5O7/c30-29(31,21-8-4-3-5-9-21)25(37)17-13-22-14-18-27(38)35(22)19-7-2-1-6-10-26(34-32)33-20-42-28(39)43-24-15-11-23(12-16-24)36(40)41/h3-5,8-9,11-13,15-17,22,25,37H,1-2,6-7,10,14,18-20,32H2,(H,33,34). The Morgan fingerprint density at radius 1 is 1.19 bits per heavy atom. The van der Waals surface area contributed by atoms with E-state index in [1.54, 1.807) is 11.0 Å². The number of alkyl halides is 2. The molecule has 0 saturated carbocycles. The van der Waals surface area contributed by atoms with Gasteiger partial charge >= 0.3 is 12.1 Å². The molecule has 1 heterocycles. The molecule has 0 bridgehead atoms. The number of ether oxygens (including phenoxy) is 2. The molecular formula is C29H35F2N5O7. The van der Waals surface area contributed by atoms with Crippen LogP contribution in [0.2, 0.25) is 0 Å². The van der Waals surface area contributed by atoms with Crippen molar-refractivity contribution in [2.75, 3.05) is 13.3 Å². The third-order valence-electron chi connectivity index (χ3n) is 6.84. The highest BCUT2D eigenvalue weighted by atomic mass is 19.3. The van der Waals surface area contributed by atoms with E-state index < -0.39 is 23.1 Å². The van der Waals surface area contributed by atoms with E-state index in [0.717, 1.165) is 18.9 Å². The quantitative estimate of drug-likeness (QED) is 0.0303. The summed E-state index contributed by atoms with van der Waals surface area (Å²) in [5.74, 6) is 2.49. The molecule has 232 valence electrons. The van der Waals surface area contributed by atoms with Crippen LogP contribution in [-0.4, -0.2) is 58.2 Å². The molecule has 3 rings (SSSR count). The fraction of sp³-hybridized carbons (Fsp3) is 0.414. The van der Waals surface area contributed by atoms with Crippen LogP contribution in [0.15, 0.2) is 71.7 Å². The average molecular weight is 604 g/mol. The molecule has 43 heavy (non-hydrogen) atoms. The van der Waals surface area contributed by atoms with E-state index in [1.165, 1.54) is 54.6 Å². The minimum atomic E-state index is -3.45. The molecular weight excluding hydrogens is 568 g/mol. The number of benzene rings is 2. The van der Waals surface area contributed by atoms with E-state index in [4.69, 9.17) is 15.3 Å². The van der Waals surface area contributed by atoms with Crippen LogP contribution in [0, 0.1) is 10.1 Å². The summed E-state index contributed by atoms with van der Waals surface area (Å²) in [6.07, 6.45) is 3.86. The lowest BCUT2D eigenvalue weighted by Crippen LogP contribution is -2.34. The van der Waals surface area contributed by atoms with Crippen LogP contribution in [0.5, 0.6) is 5.75 Å². The number of unbranched alkanes of at least 4 members (excludes halogenated alkanes) is 3. The second-order valence-electron chi connectivity index (χ2n) is 9.80. The maximum Gasteiger partial charge on any atom is 0.515 e. The van der Waals surface area contributed by atoms with E-state index in [2.05, 4.69) is 10.4 Å². The molecule has 4 N–H and O–H groups in total. The van der Waals surface area contributed by atoms with Crippen LogP contribution in [-0.2, 0) is 15.5 Å². The molecule has 1 amide bonds. The molecule has 12 nitrogen and oxygen atoms in total. The van der Waals surface area contributed by atoms with Crippen molar-refractivity contribution < 1.29 is 37.9 Å². The number of rotatable bonds is 15. The highest BCUT2D eigenvalue weighted by molar-refractivity contribution is 5.81. The Hall–Kier alpha value is -4.43. The lowest BCUT2D eigenvalue weighted by Gasteiger charge is -2.24. The summed E-state index contributed by atoms with van der Waals surface area (Å²) in [6.45, 7) is 0.128. The molecule has 1 aliphatic rings. The number of hydrogen-bond donors (Lipinski definition) is 3. The van der Waals surface area contributed by atoms with Gasteiger partial charge in [-0.3, -0.25) is 14.9 Å². The largest absolute Gasteiger partial charge is 0.515 e. The number of hydrogen-bond acceptors (Lipinski definition) is 9. The first-order chi connectivity index (χ1) is 20.6. The summed E-state index contributed by atoms with van der Waals surface area (Å²) in [4.78, 5) is 40.0. The van der Waals surface area contributed by atoms with Gasteiger partial charge in [0.15, 0.2) is 6.73 Å². The van der Waals surface area contributed by atoms with Crippen molar-refractivity contribution in [1.29, 1.82) is 0 Å². The molecule has 1 aliphatic heterocycles.